The van der Waals surface area contributed by atoms with Gasteiger partial charge in [0, 0.05) is 36.5 Å². The van der Waals surface area contributed by atoms with Crippen molar-refractivity contribution >= 4 is 6.03 Å². The molecule has 1 aliphatic heterocycles. The summed E-state index contributed by atoms with van der Waals surface area (Å²) in [5, 5.41) is 7.13. The quantitative estimate of drug-likeness (QED) is 0.901. The topological polar surface area (TPSA) is 87.0 Å². The zero-order valence-corrected chi connectivity index (χ0v) is 14.5. The molecular formula is C17H25N5O2. The summed E-state index contributed by atoms with van der Waals surface area (Å²) in [6.07, 6.45) is 6.31. The maximum atomic E-state index is 12.6. The molecule has 7 heteroatoms. The van der Waals surface area contributed by atoms with Gasteiger partial charge in [-0.15, -0.1) is 0 Å². The number of likely N-dealkylation sites (tertiary alicyclic amines) is 1. The highest BCUT2D eigenvalue weighted by atomic mass is 16.5. The number of aromatic nitrogens is 3. The van der Waals surface area contributed by atoms with Crippen LogP contribution in [0.2, 0.25) is 0 Å². The van der Waals surface area contributed by atoms with Gasteiger partial charge in [0.05, 0.1) is 18.1 Å². The number of H-pyrrole nitrogens is 1. The minimum absolute atomic E-state index is 0.00934. The molecule has 1 fully saturated rings. The fourth-order valence-corrected chi connectivity index (χ4v) is 3.49. The predicted octanol–water partition coefficient (Wildman–Crippen LogP) is 3.05. The second kappa shape index (κ2) is 7.07. The lowest BCUT2D eigenvalue weighted by atomic mass is 9.94. The number of rotatable bonds is 4. The summed E-state index contributed by atoms with van der Waals surface area (Å²) in [7, 11) is 0. The Morgan fingerprint density at radius 1 is 1.46 bits per heavy atom. The van der Waals surface area contributed by atoms with Crippen LogP contribution >= 0.6 is 0 Å². The molecule has 1 aliphatic rings. The van der Waals surface area contributed by atoms with Gasteiger partial charge in [-0.25, -0.2) is 9.78 Å². The van der Waals surface area contributed by atoms with E-state index in [1.807, 2.05) is 24.9 Å². The van der Waals surface area contributed by atoms with Crippen LogP contribution in [0, 0.1) is 13.8 Å². The Balaban J connectivity index is 1.59. The Bertz CT molecular complexity index is 652. The molecule has 2 aromatic rings. The summed E-state index contributed by atoms with van der Waals surface area (Å²) in [6, 6.07) is -0.0704. The summed E-state index contributed by atoms with van der Waals surface area (Å²) in [5.41, 5.74) is 3.01. The minimum atomic E-state index is -0.0610. The molecule has 0 aliphatic carbocycles. The van der Waals surface area contributed by atoms with Crippen molar-refractivity contribution < 1.29 is 9.32 Å². The first-order valence-corrected chi connectivity index (χ1v) is 8.56. The molecule has 0 spiro atoms. The summed E-state index contributed by atoms with van der Waals surface area (Å²) in [6.45, 7) is 7.37. The van der Waals surface area contributed by atoms with E-state index in [0.29, 0.717) is 5.92 Å². The van der Waals surface area contributed by atoms with E-state index < -0.39 is 0 Å². The Kier molecular flexibility index (Phi) is 4.87. The third-order valence-electron chi connectivity index (χ3n) is 4.88. The molecule has 130 valence electrons. The van der Waals surface area contributed by atoms with E-state index in [1.54, 1.807) is 6.33 Å². The van der Waals surface area contributed by atoms with Gasteiger partial charge in [0.2, 0.25) is 0 Å². The molecule has 7 nitrogen and oxygen atoms in total. The molecule has 0 bridgehead atoms. The Labute approximate surface area is 141 Å². The van der Waals surface area contributed by atoms with E-state index in [9.17, 15) is 4.79 Å². The summed E-state index contributed by atoms with van der Waals surface area (Å²) in [4.78, 5) is 21.8. The number of aromatic amines is 1. The highest BCUT2D eigenvalue weighted by Gasteiger charge is 2.27. The van der Waals surface area contributed by atoms with Crippen molar-refractivity contribution in [3.05, 3.63) is 35.2 Å². The van der Waals surface area contributed by atoms with Gasteiger partial charge in [0.1, 0.15) is 5.76 Å². The first-order valence-electron chi connectivity index (χ1n) is 8.56. The van der Waals surface area contributed by atoms with Crippen molar-refractivity contribution in [3.63, 3.8) is 0 Å². The number of carbonyl (C=O) groups is 1. The Hall–Kier alpha value is -2.31. The molecule has 3 rings (SSSR count). The van der Waals surface area contributed by atoms with Crippen LogP contribution in [-0.4, -0.2) is 39.1 Å². The van der Waals surface area contributed by atoms with E-state index in [0.717, 1.165) is 55.1 Å². The van der Waals surface area contributed by atoms with Crippen molar-refractivity contribution in [1.29, 1.82) is 0 Å². The molecule has 0 unspecified atom stereocenters. The number of urea groups is 1. The average molecular weight is 331 g/mol. The van der Waals surface area contributed by atoms with Crippen molar-refractivity contribution in [2.75, 3.05) is 13.1 Å². The predicted molar refractivity (Wildman–Crippen MR) is 89.7 cm³/mol. The highest BCUT2D eigenvalue weighted by molar-refractivity contribution is 5.75. The van der Waals surface area contributed by atoms with Crippen LogP contribution in [-0.2, 0) is 0 Å². The first kappa shape index (κ1) is 16.5. The number of aryl methyl sites for hydroxylation is 2. The Morgan fingerprint density at radius 3 is 2.75 bits per heavy atom. The fraction of sp³-hybridized carbons (Fsp3) is 0.588. The number of carbonyl (C=O) groups excluding carboxylic acids is 1. The van der Waals surface area contributed by atoms with Gasteiger partial charge in [-0.3, -0.25) is 0 Å². The average Bonchev–Trinajstić information content (AvgIpc) is 3.24. The van der Waals surface area contributed by atoms with Crippen molar-refractivity contribution in [2.45, 2.75) is 52.0 Å². The third kappa shape index (κ3) is 3.29. The van der Waals surface area contributed by atoms with Crippen LogP contribution in [0.4, 0.5) is 4.79 Å². The fourth-order valence-electron chi connectivity index (χ4n) is 3.49. The number of nitrogens with zero attached hydrogens (tertiary/aromatic N) is 3. The molecule has 1 saturated heterocycles. The Morgan fingerprint density at radius 2 is 2.21 bits per heavy atom. The molecule has 0 saturated carbocycles. The number of amides is 2. The largest absolute Gasteiger partial charge is 0.361 e. The molecule has 1 atom stereocenters. The van der Waals surface area contributed by atoms with E-state index in [4.69, 9.17) is 4.52 Å². The summed E-state index contributed by atoms with van der Waals surface area (Å²) < 4.78 is 5.24. The molecule has 2 aromatic heterocycles. The smallest absolute Gasteiger partial charge is 0.317 e. The van der Waals surface area contributed by atoms with Crippen LogP contribution in [0.15, 0.2) is 17.0 Å². The molecule has 2 amide bonds. The van der Waals surface area contributed by atoms with Gasteiger partial charge in [-0.1, -0.05) is 12.1 Å². The number of hydrogen-bond acceptors (Lipinski definition) is 4. The zero-order valence-electron chi connectivity index (χ0n) is 14.5. The molecule has 2 N–H and O–H groups in total. The molecule has 0 radical (unpaired) electrons. The van der Waals surface area contributed by atoms with Crippen molar-refractivity contribution in [1.82, 2.24) is 25.3 Å². The second-order valence-corrected chi connectivity index (χ2v) is 6.42. The molecule has 3 heterocycles. The van der Waals surface area contributed by atoms with E-state index in [-0.39, 0.29) is 12.1 Å². The van der Waals surface area contributed by atoms with Gasteiger partial charge in [-0.2, -0.15) is 0 Å². The zero-order chi connectivity index (χ0) is 17.1. The van der Waals surface area contributed by atoms with Gasteiger partial charge >= 0.3 is 6.03 Å². The normalized spacial score (nSPS) is 17.0. The highest BCUT2D eigenvalue weighted by Crippen LogP contribution is 2.27. The maximum absolute atomic E-state index is 12.6. The number of nitrogens with one attached hydrogen (secondary N) is 2. The lowest BCUT2D eigenvalue weighted by Gasteiger charge is -2.32. The van der Waals surface area contributed by atoms with Crippen LogP contribution in [0.25, 0.3) is 0 Å². The molecular weight excluding hydrogens is 306 g/mol. The lowest BCUT2D eigenvalue weighted by molar-refractivity contribution is 0.177. The van der Waals surface area contributed by atoms with Crippen LogP contribution in [0.5, 0.6) is 0 Å². The number of piperidine rings is 1. The SMILES string of the molecule is CC[C@@H](NC(=O)N1CCC(c2cnc[nH]2)CC1)c1c(C)noc1C. The summed E-state index contributed by atoms with van der Waals surface area (Å²) >= 11 is 0. The van der Waals surface area contributed by atoms with Crippen molar-refractivity contribution in [3.8, 4) is 0 Å². The van der Waals surface area contributed by atoms with E-state index in [1.165, 1.54) is 0 Å². The van der Waals surface area contributed by atoms with Crippen LogP contribution in [0.1, 0.15) is 60.9 Å². The second-order valence-electron chi connectivity index (χ2n) is 6.42. The minimum Gasteiger partial charge on any atom is -0.361 e. The first-order chi connectivity index (χ1) is 11.6. The lowest BCUT2D eigenvalue weighted by Crippen LogP contribution is -2.45. The van der Waals surface area contributed by atoms with Gasteiger partial charge in [0.15, 0.2) is 0 Å². The van der Waals surface area contributed by atoms with Crippen LogP contribution in [0.3, 0.4) is 0 Å². The van der Waals surface area contributed by atoms with Gasteiger partial charge in [0.25, 0.3) is 0 Å². The monoisotopic (exact) mass is 331 g/mol. The van der Waals surface area contributed by atoms with E-state index >= 15 is 0 Å². The van der Waals surface area contributed by atoms with Crippen LogP contribution < -0.4 is 5.32 Å². The maximum Gasteiger partial charge on any atom is 0.317 e. The molecule has 0 aromatic carbocycles. The number of hydrogen-bond donors (Lipinski definition) is 2. The van der Waals surface area contributed by atoms with Crippen molar-refractivity contribution in [2.24, 2.45) is 0 Å². The van der Waals surface area contributed by atoms with Gasteiger partial charge < -0.3 is 19.7 Å². The third-order valence-corrected chi connectivity index (χ3v) is 4.88. The number of imidazole rings is 1. The van der Waals surface area contributed by atoms with E-state index in [2.05, 4.69) is 27.4 Å². The standard InChI is InChI=1S/C17H25N5O2/c1-4-14(16-11(2)21-24-12(16)3)20-17(23)22-7-5-13(6-8-22)15-9-18-10-19-15/h9-10,13-14H,4-8H2,1-3H3,(H,18,19)(H,20,23)/t14-/m1/s1. The molecule has 24 heavy (non-hydrogen) atoms. The summed E-state index contributed by atoms with van der Waals surface area (Å²) in [5.74, 6) is 1.23. The van der Waals surface area contributed by atoms with Gasteiger partial charge in [-0.05, 0) is 33.1 Å².